The average Bonchev–Trinajstić information content (AvgIpc) is 2.17. The molecule has 0 aliphatic rings. The van der Waals surface area contributed by atoms with Gasteiger partial charge in [0.15, 0.2) is 6.10 Å². The van der Waals surface area contributed by atoms with E-state index in [1.807, 2.05) is 0 Å². The maximum Gasteiger partial charge on any atom is 0.337 e. The predicted octanol–water partition coefficient (Wildman–Crippen LogP) is 1.65. The SMILES string of the molecule is CCc1cc(C(O)C(=O)O)c(F)cc1F. The van der Waals surface area contributed by atoms with Crippen LogP contribution in [0.1, 0.15) is 24.2 Å². The number of hydrogen-bond acceptors (Lipinski definition) is 2. The molecule has 0 saturated heterocycles. The summed E-state index contributed by atoms with van der Waals surface area (Å²) in [4.78, 5) is 10.4. The topological polar surface area (TPSA) is 57.5 Å². The van der Waals surface area contributed by atoms with E-state index in [-0.39, 0.29) is 5.56 Å². The average molecular weight is 216 g/mol. The summed E-state index contributed by atoms with van der Waals surface area (Å²) in [5.41, 5.74) is -0.243. The van der Waals surface area contributed by atoms with Crippen molar-refractivity contribution in [3.8, 4) is 0 Å². The lowest BCUT2D eigenvalue weighted by molar-refractivity contribution is -0.147. The third kappa shape index (κ3) is 2.30. The molecule has 3 nitrogen and oxygen atoms in total. The first kappa shape index (κ1) is 11.6. The van der Waals surface area contributed by atoms with E-state index in [0.717, 1.165) is 6.07 Å². The fourth-order valence-electron chi connectivity index (χ4n) is 1.23. The number of aryl methyl sites for hydroxylation is 1. The van der Waals surface area contributed by atoms with Crippen molar-refractivity contribution >= 4 is 5.97 Å². The Bertz CT molecular complexity index is 390. The zero-order valence-electron chi connectivity index (χ0n) is 8.00. The van der Waals surface area contributed by atoms with Gasteiger partial charge in [0.25, 0.3) is 0 Å². The maximum atomic E-state index is 13.1. The number of halogens is 2. The van der Waals surface area contributed by atoms with E-state index in [9.17, 15) is 13.6 Å². The van der Waals surface area contributed by atoms with Crippen LogP contribution in [-0.2, 0) is 11.2 Å². The van der Waals surface area contributed by atoms with Gasteiger partial charge in [-0.25, -0.2) is 13.6 Å². The predicted molar refractivity (Wildman–Crippen MR) is 48.3 cm³/mol. The zero-order chi connectivity index (χ0) is 11.6. The van der Waals surface area contributed by atoms with Gasteiger partial charge in [0.1, 0.15) is 11.6 Å². The number of aliphatic carboxylic acids is 1. The van der Waals surface area contributed by atoms with Gasteiger partial charge in [-0.1, -0.05) is 6.92 Å². The Morgan fingerprint density at radius 1 is 1.40 bits per heavy atom. The Balaban J connectivity index is 3.24. The third-order valence-corrected chi connectivity index (χ3v) is 2.08. The monoisotopic (exact) mass is 216 g/mol. The fourth-order valence-corrected chi connectivity index (χ4v) is 1.23. The Morgan fingerprint density at radius 3 is 2.47 bits per heavy atom. The number of carbonyl (C=O) groups is 1. The second-order valence-electron chi connectivity index (χ2n) is 3.06. The fraction of sp³-hybridized carbons (Fsp3) is 0.300. The Morgan fingerprint density at radius 2 is 2.00 bits per heavy atom. The molecule has 0 fully saturated rings. The molecule has 0 aliphatic carbocycles. The molecule has 0 aliphatic heterocycles. The molecule has 1 atom stereocenters. The van der Waals surface area contributed by atoms with Crippen LogP contribution in [0.5, 0.6) is 0 Å². The summed E-state index contributed by atoms with van der Waals surface area (Å²) in [7, 11) is 0. The van der Waals surface area contributed by atoms with Crippen molar-refractivity contribution in [3.63, 3.8) is 0 Å². The van der Waals surface area contributed by atoms with E-state index >= 15 is 0 Å². The Labute approximate surface area is 85.0 Å². The highest BCUT2D eigenvalue weighted by atomic mass is 19.1. The van der Waals surface area contributed by atoms with Crippen molar-refractivity contribution in [3.05, 3.63) is 34.9 Å². The molecule has 0 bridgehead atoms. The van der Waals surface area contributed by atoms with Crippen LogP contribution in [0.2, 0.25) is 0 Å². The molecule has 2 N–H and O–H groups in total. The Hall–Kier alpha value is -1.49. The molecule has 0 saturated carbocycles. The minimum absolute atomic E-state index is 0.173. The second-order valence-corrected chi connectivity index (χ2v) is 3.06. The maximum absolute atomic E-state index is 13.1. The standard InChI is InChI=1S/C10H10F2O3/c1-2-5-3-6(9(13)10(14)15)8(12)4-7(5)11/h3-4,9,13H,2H2,1H3,(H,14,15). The summed E-state index contributed by atoms with van der Waals surface area (Å²) in [6, 6.07) is 1.61. The zero-order valence-corrected chi connectivity index (χ0v) is 8.00. The number of hydrogen-bond donors (Lipinski definition) is 2. The van der Waals surface area contributed by atoms with E-state index in [0.29, 0.717) is 12.5 Å². The molecule has 1 rings (SSSR count). The molecule has 0 aromatic heterocycles. The molecule has 0 amide bonds. The van der Waals surface area contributed by atoms with Crippen LogP contribution in [0, 0.1) is 11.6 Å². The highest BCUT2D eigenvalue weighted by Gasteiger charge is 2.21. The summed E-state index contributed by atoms with van der Waals surface area (Å²) >= 11 is 0. The first-order chi connectivity index (χ1) is 6.97. The quantitative estimate of drug-likeness (QED) is 0.807. The molecule has 1 aromatic rings. The molecule has 5 heteroatoms. The molecule has 1 unspecified atom stereocenters. The van der Waals surface area contributed by atoms with Crippen LogP contribution in [-0.4, -0.2) is 16.2 Å². The van der Waals surface area contributed by atoms with E-state index in [1.165, 1.54) is 0 Å². The van der Waals surface area contributed by atoms with Crippen LogP contribution >= 0.6 is 0 Å². The lowest BCUT2D eigenvalue weighted by Crippen LogP contribution is -2.13. The van der Waals surface area contributed by atoms with Gasteiger partial charge in [0, 0.05) is 11.6 Å². The van der Waals surface area contributed by atoms with Crippen molar-refractivity contribution in [2.75, 3.05) is 0 Å². The first-order valence-corrected chi connectivity index (χ1v) is 4.36. The minimum atomic E-state index is -1.96. The highest BCUT2D eigenvalue weighted by Crippen LogP contribution is 2.21. The lowest BCUT2D eigenvalue weighted by Gasteiger charge is -2.09. The molecule has 0 spiro atoms. The summed E-state index contributed by atoms with van der Waals surface area (Å²) in [6.07, 6.45) is -1.67. The van der Waals surface area contributed by atoms with E-state index in [4.69, 9.17) is 10.2 Å². The van der Waals surface area contributed by atoms with Crippen molar-refractivity contribution in [1.82, 2.24) is 0 Å². The number of rotatable bonds is 3. The van der Waals surface area contributed by atoms with Crippen LogP contribution < -0.4 is 0 Å². The van der Waals surface area contributed by atoms with Crippen molar-refractivity contribution in [2.24, 2.45) is 0 Å². The van der Waals surface area contributed by atoms with Gasteiger partial charge in [-0.2, -0.15) is 0 Å². The normalized spacial score (nSPS) is 12.5. The van der Waals surface area contributed by atoms with Crippen LogP contribution in [0.15, 0.2) is 12.1 Å². The van der Waals surface area contributed by atoms with Crippen LogP contribution in [0.3, 0.4) is 0 Å². The Kier molecular flexibility index (Phi) is 3.36. The molecule has 0 radical (unpaired) electrons. The van der Waals surface area contributed by atoms with Gasteiger partial charge in [-0.05, 0) is 18.1 Å². The molecule has 15 heavy (non-hydrogen) atoms. The van der Waals surface area contributed by atoms with E-state index in [1.54, 1.807) is 6.92 Å². The largest absolute Gasteiger partial charge is 0.479 e. The molecule has 82 valence electrons. The van der Waals surface area contributed by atoms with E-state index in [2.05, 4.69) is 0 Å². The van der Waals surface area contributed by atoms with Crippen molar-refractivity contribution in [1.29, 1.82) is 0 Å². The van der Waals surface area contributed by atoms with Gasteiger partial charge < -0.3 is 10.2 Å². The van der Waals surface area contributed by atoms with Gasteiger partial charge in [-0.3, -0.25) is 0 Å². The smallest absolute Gasteiger partial charge is 0.337 e. The number of carboxylic acids is 1. The molecule has 1 aromatic carbocycles. The summed E-state index contributed by atoms with van der Waals surface area (Å²) in [5.74, 6) is -3.36. The van der Waals surface area contributed by atoms with Crippen molar-refractivity contribution < 1.29 is 23.8 Å². The number of aliphatic hydroxyl groups excluding tert-OH is 1. The number of carboxylic acid groups (broad SMARTS) is 1. The number of aliphatic hydroxyl groups is 1. The van der Waals surface area contributed by atoms with Gasteiger partial charge in [0.05, 0.1) is 0 Å². The molecule has 0 heterocycles. The van der Waals surface area contributed by atoms with Crippen LogP contribution in [0.4, 0.5) is 8.78 Å². The van der Waals surface area contributed by atoms with Crippen molar-refractivity contribution in [2.45, 2.75) is 19.4 Å². The summed E-state index contributed by atoms with van der Waals surface area (Å²) in [6.45, 7) is 1.65. The lowest BCUT2D eigenvalue weighted by atomic mass is 10.0. The summed E-state index contributed by atoms with van der Waals surface area (Å²) in [5, 5.41) is 17.6. The third-order valence-electron chi connectivity index (χ3n) is 2.08. The summed E-state index contributed by atoms with van der Waals surface area (Å²) < 4.78 is 26.1. The molecular weight excluding hydrogens is 206 g/mol. The second kappa shape index (κ2) is 4.35. The highest BCUT2D eigenvalue weighted by molar-refractivity contribution is 5.74. The van der Waals surface area contributed by atoms with Crippen LogP contribution in [0.25, 0.3) is 0 Å². The van der Waals surface area contributed by atoms with Gasteiger partial charge in [-0.15, -0.1) is 0 Å². The first-order valence-electron chi connectivity index (χ1n) is 4.36. The minimum Gasteiger partial charge on any atom is -0.479 e. The van der Waals surface area contributed by atoms with Gasteiger partial charge in [0.2, 0.25) is 0 Å². The van der Waals surface area contributed by atoms with E-state index < -0.39 is 29.3 Å². The number of benzene rings is 1. The molecular formula is C10H10F2O3. The van der Waals surface area contributed by atoms with Gasteiger partial charge >= 0.3 is 5.97 Å².